The summed E-state index contributed by atoms with van der Waals surface area (Å²) in [6.45, 7) is 4.24. The molecule has 0 spiro atoms. The maximum atomic E-state index is 5.38. The predicted octanol–water partition coefficient (Wildman–Crippen LogP) is 3.62. The van der Waals surface area contributed by atoms with E-state index >= 15 is 0 Å². The first-order valence-electron chi connectivity index (χ1n) is 8.53. The van der Waals surface area contributed by atoms with Gasteiger partial charge in [-0.25, -0.2) is 4.99 Å². The number of rotatable bonds is 8. The van der Waals surface area contributed by atoms with Gasteiger partial charge in [0.1, 0.15) is 11.5 Å². The highest BCUT2D eigenvalue weighted by molar-refractivity contribution is 14.0. The van der Waals surface area contributed by atoms with Gasteiger partial charge in [0, 0.05) is 18.7 Å². The number of nitrogens with one attached hydrogen (secondary N) is 2. The Morgan fingerprint density at radius 3 is 2.54 bits per heavy atom. The SMILES string of the molecule is CCNC(=NCc1ccccc1OC)NCCc1cccc(OC)c1.I. The molecule has 0 heterocycles. The molecule has 0 radical (unpaired) electrons. The molecular formula is C20H28IN3O2. The minimum atomic E-state index is 0. The topological polar surface area (TPSA) is 54.9 Å². The van der Waals surface area contributed by atoms with Crippen LogP contribution in [0.1, 0.15) is 18.1 Å². The lowest BCUT2D eigenvalue weighted by molar-refractivity contribution is 0.410. The van der Waals surface area contributed by atoms with E-state index in [1.54, 1.807) is 14.2 Å². The van der Waals surface area contributed by atoms with Crippen LogP contribution in [0, 0.1) is 0 Å². The summed E-state index contributed by atoms with van der Waals surface area (Å²) in [6, 6.07) is 16.1. The van der Waals surface area contributed by atoms with Gasteiger partial charge in [-0.3, -0.25) is 0 Å². The smallest absolute Gasteiger partial charge is 0.191 e. The van der Waals surface area contributed by atoms with Gasteiger partial charge in [-0.2, -0.15) is 0 Å². The highest BCUT2D eigenvalue weighted by Gasteiger charge is 2.03. The van der Waals surface area contributed by atoms with Crippen molar-refractivity contribution in [2.75, 3.05) is 27.3 Å². The molecule has 0 saturated heterocycles. The molecule has 0 bridgehead atoms. The van der Waals surface area contributed by atoms with Crippen molar-refractivity contribution in [3.05, 3.63) is 59.7 Å². The fraction of sp³-hybridized carbons (Fsp3) is 0.350. The molecule has 0 unspecified atom stereocenters. The Labute approximate surface area is 173 Å². The second kappa shape index (κ2) is 12.4. The average molecular weight is 469 g/mol. The maximum Gasteiger partial charge on any atom is 0.191 e. The molecule has 0 aliphatic rings. The van der Waals surface area contributed by atoms with Gasteiger partial charge in [-0.1, -0.05) is 30.3 Å². The van der Waals surface area contributed by atoms with Crippen molar-refractivity contribution in [1.82, 2.24) is 10.6 Å². The van der Waals surface area contributed by atoms with E-state index in [-0.39, 0.29) is 24.0 Å². The van der Waals surface area contributed by atoms with Gasteiger partial charge >= 0.3 is 0 Å². The summed E-state index contributed by atoms with van der Waals surface area (Å²) in [5, 5.41) is 6.64. The van der Waals surface area contributed by atoms with Crippen molar-refractivity contribution in [2.45, 2.75) is 19.9 Å². The third-order valence-electron chi connectivity index (χ3n) is 3.78. The molecule has 0 saturated carbocycles. The van der Waals surface area contributed by atoms with Crippen LogP contribution in [-0.4, -0.2) is 33.3 Å². The van der Waals surface area contributed by atoms with Crippen LogP contribution in [0.5, 0.6) is 11.5 Å². The number of aliphatic imine (C=N–C) groups is 1. The Hall–Kier alpha value is -1.96. The monoisotopic (exact) mass is 469 g/mol. The van der Waals surface area contributed by atoms with E-state index < -0.39 is 0 Å². The summed E-state index contributed by atoms with van der Waals surface area (Å²) in [5.74, 6) is 2.55. The van der Waals surface area contributed by atoms with E-state index in [1.165, 1.54) is 5.56 Å². The molecule has 0 fully saturated rings. The van der Waals surface area contributed by atoms with Crippen LogP contribution in [0.2, 0.25) is 0 Å². The predicted molar refractivity (Wildman–Crippen MR) is 118 cm³/mol. The first-order chi connectivity index (χ1) is 12.3. The number of para-hydroxylation sites is 1. The minimum Gasteiger partial charge on any atom is -0.497 e. The van der Waals surface area contributed by atoms with Crippen LogP contribution in [0.4, 0.5) is 0 Å². The third kappa shape index (κ3) is 7.11. The molecule has 5 nitrogen and oxygen atoms in total. The zero-order valence-corrected chi connectivity index (χ0v) is 17.9. The van der Waals surface area contributed by atoms with E-state index in [9.17, 15) is 0 Å². The number of nitrogens with zero attached hydrogens (tertiary/aromatic N) is 1. The van der Waals surface area contributed by atoms with Gasteiger partial charge in [0.05, 0.1) is 20.8 Å². The number of hydrogen-bond acceptors (Lipinski definition) is 3. The highest BCUT2D eigenvalue weighted by atomic mass is 127. The first-order valence-corrected chi connectivity index (χ1v) is 8.53. The molecule has 0 amide bonds. The van der Waals surface area contributed by atoms with Gasteiger partial charge in [-0.15, -0.1) is 24.0 Å². The van der Waals surface area contributed by atoms with Gasteiger partial charge in [-0.05, 0) is 37.1 Å². The van der Waals surface area contributed by atoms with E-state index in [2.05, 4.69) is 34.7 Å². The third-order valence-corrected chi connectivity index (χ3v) is 3.78. The summed E-state index contributed by atoms with van der Waals surface area (Å²) in [7, 11) is 3.37. The molecular weight excluding hydrogens is 441 g/mol. The molecule has 6 heteroatoms. The quantitative estimate of drug-likeness (QED) is 0.353. The van der Waals surface area contributed by atoms with Crippen LogP contribution in [0.15, 0.2) is 53.5 Å². The molecule has 2 N–H and O–H groups in total. The van der Waals surface area contributed by atoms with Crippen LogP contribution < -0.4 is 20.1 Å². The zero-order valence-electron chi connectivity index (χ0n) is 15.6. The zero-order chi connectivity index (χ0) is 17.9. The number of ether oxygens (including phenoxy) is 2. The van der Waals surface area contributed by atoms with E-state index in [0.717, 1.165) is 42.5 Å². The van der Waals surface area contributed by atoms with Crippen molar-refractivity contribution in [2.24, 2.45) is 4.99 Å². The van der Waals surface area contributed by atoms with Crippen LogP contribution in [0.3, 0.4) is 0 Å². The van der Waals surface area contributed by atoms with Gasteiger partial charge < -0.3 is 20.1 Å². The lowest BCUT2D eigenvalue weighted by atomic mass is 10.1. The number of halogens is 1. The molecule has 26 heavy (non-hydrogen) atoms. The van der Waals surface area contributed by atoms with E-state index in [4.69, 9.17) is 9.47 Å². The molecule has 0 aliphatic heterocycles. The normalized spacial score (nSPS) is 10.7. The number of guanidine groups is 1. The molecule has 0 atom stereocenters. The summed E-state index contributed by atoms with van der Waals surface area (Å²) in [5.41, 5.74) is 2.29. The van der Waals surface area contributed by atoms with E-state index in [1.807, 2.05) is 36.4 Å². The molecule has 0 aliphatic carbocycles. The summed E-state index contributed by atoms with van der Waals surface area (Å²) in [4.78, 5) is 4.65. The Kier molecular flexibility index (Phi) is 10.5. The minimum absolute atomic E-state index is 0. The maximum absolute atomic E-state index is 5.38. The summed E-state index contributed by atoms with van der Waals surface area (Å²) < 4.78 is 10.6. The molecule has 2 aromatic carbocycles. The molecule has 142 valence electrons. The number of hydrogen-bond donors (Lipinski definition) is 2. The Morgan fingerprint density at radius 2 is 1.81 bits per heavy atom. The second-order valence-electron chi connectivity index (χ2n) is 5.54. The van der Waals surface area contributed by atoms with E-state index in [0.29, 0.717) is 6.54 Å². The van der Waals surface area contributed by atoms with Crippen molar-refractivity contribution in [3.63, 3.8) is 0 Å². The largest absolute Gasteiger partial charge is 0.497 e. The van der Waals surface area contributed by atoms with Crippen LogP contribution in [0.25, 0.3) is 0 Å². The standard InChI is InChI=1S/C20H27N3O2.HI/c1-4-21-20(23-15-17-9-5-6-11-19(17)25-3)22-13-12-16-8-7-10-18(14-16)24-2;/h5-11,14H,4,12-13,15H2,1-3H3,(H2,21,22,23);1H. The Balaban J connectivity index is 0.00000338. The summed E-state index contributed by atoms with van der Waals surface area (Å²) in [6.07, 6.45) is 0.899. The fourth-order valence-electron chi connectivity index (χ4n) is 2.49. The lowest BCUT2D eigenvalue weighted by Gasteiger charge is -2.12. The van der Waals surface area contributed by atoms with Gasteiger partial charge in [0.25, 0.3) is 0 Å². The second-order valence-corrected chi connectivity index (χ2v) is 5.54. The first kappa shape index (κ1) is 22.1. The van der Waals surface area contributed by atoms with Gasteiger partial charge in [0.15, 0.2) is 5.96 Å². The fourth-order valence-corrected chi connectivity index (χ4v) is 2.49. The number of methoxy groups -OCH3 is 2. The van der Waals surface area contributed by atoms with Gasteiger partial charge in [0.2, 0.25) is 0 Å². The highest BCUT2D eigenvalue weighted by Crippen LogP contribution is 2.17. The Morgan fingerprint density at radius 1 is 1.00 bits per heavy atom. The van der Waals surface area contributed by atoms with Crippen LogP contribution >= 0.6 is 24.0 Å². The lowest BCUT2D eigenvalue weighted by Crippen LogP contribution is -2.38. The molecule has 2 aromatic rings. The van der Waals surface area contributed by atoms with Crippen molar-refractivity contribution in [1.29, 1.82) is 0 Å². The number of benzene rings is 2. The molecule has 2 rings (SSSR count). The Bertz CT molecular complexity index is 692. The van der Waals surface area contributed by atoms with Crippen molar-refractivity contribution in [3.8, 4) is 11.5 Å². The molecule has 0 aromatic heterocycles. The van der Waals surface area contributed by atoms with Crippen molar-refractivity contribution >= 4 is 29.9 Å². The average Bonchev–Trinajstić information content (AvgIpc) is 2.66. The summed E-state index contributed by atoms with van der Waals surface area (Å²) >= 11 is 0. The van der Waals surface area contributed by atoms with Crippen LogP contribution in [-0.2, 0) is 13.0 Å². The van der Waals surface area contributed by atoms with Crippen molar-refractivity contribution < 1.29 is 9.47 Å².